The molecule has 2 rings (SSSR count). The third kappa shape index (κ3) is 4.32. The predicted molar refractivity (Wildman–Crippen MR) is 89.5 cm³/mol. The number of aromatic nitrogens is 2. The normalized spacial score (nSPS) is 27.7. The molecule has 3 nitrogen and oxygen atoms in total. The van der Waals surface area contributed by atoms with Gasteiger partial charge in [0, 0.05) is 18.3 Å². The summed E-state index contributed by atoms with van der Waals surface area (Å²) in [6.45, 7) is 10.1. The molecule has 1 aromatic heterocycles. The maximum atomic E-state index is 4.81. The molecule has 1 heterocycles. The molecule has 0 radical (unpaired) electrons. The summed E-state index contributed by atoms with van der Waals surface area (Å²) in [5, 5.41) is 8.52. The van der Waals surface area contributed by atoms with E-state index in [4.69, 9.17) is 5.10 Å². The summed E-state index contributed by atoms with van der Waals surface area (Å²) in [7, 11) is 0. The smallest absolute Gasteiger partial charge is 0.0628 e. The lowest BCUT2D eigenvalue weighted by atomic mass is 9.75. The lowest BCUT2D eigenvalue weighted by Gasteiger charge is -2.36. The van der Waals surface area contributed by atoms with Crippen LogP contribution in [0.1, 0.15) is 71.5 Å². The minimum atomic E-state index is 0.512. The van der Waals surface area contributed by atoms with Gasteiger partial charge >= 0.3 is 0 Å². The van der Waals surface area contributed by atoms with Crippen molar-refractivity contribution in [3.05, 3.63) is 18.0 Å². The van der Waals surface area contributed by atoms with Gasteiger partial charge in [-0.3, -0.25) is 4.68 Å². The van der Waals surface area contributed by atoms with Crippen molar-refractivity contribution in [2.45, 2.75) is 78.3 Å². The van der Waals surface area contributed by atoms with Crippen LogP contribution >= 0.6 is 0 Å². The Labute approximate surface area is 130 Å². The van der Waals surface area contributed by atoms with Crippen LogP contribution in [0.25, 0.3) is 0 Å². The first-order chi connectivity index (χ1) is 10.2. The Hall–Kier alpha value is -0.830. The summed E-state index contributed by atoms with van der Waals surface area (Å²) >= 11 is 0. The molecule has 120 valence electrons. The molecule has 0 spiro atoms. The Bertz CT molecular complexity index is 412. The zero-order chi connectivity index (χ0) is 15.2. The van der Waals surface area contributed by atoms with E-state index < -0.39 is 0 Å². The Morgan fingerprint density at radius 1 is 1.33 bits per heavy atom. The summed E-state index contributed by atoms with van der Waals surface area (Å²) in [5.41, 5.74) is 1.28. The van der Waals surface area contributed by atoms with Crippen molar-refractivity contribution in [2.75, 3.05) is 6.54 Å². The van der Waals surface area contributed by atoms with Crippen LogP contribution in [0.5, 0.6) is 0 Å². The lowest BCUT2D eigenvalue weighted by Crippen LogP contribution is -2.41. The average molecular weight is 291 g/mol. The number of hydrogen-bond acceptors (Lipinski definition) is 2. The van der Waals surface area contributed by atoms with Gasteiger partial charge in [-0.15, -0.1) is 0 Å². The minimum absolute atomic E-state index is 0.512. The standard InChI is InChI=1S/C18H33N3/c1-5-14(4)21-11-10-17(20-21)13-16-12-15(6-2)8-9-18(16)19-7-3/h10-11,14-16,18-19H,5-9,12-13H2,1-4H3. The highest BCUT2D eigenvalue weighted by Crippen LogP contribution is 2.33. The minimum Gasteiger partial charge on any atom is -0.314 e. The van der Waals surface area contributed by atoms with E-state index >= 15 is 0 Å². The zero-order valence-electron chi connectivity index (χ0n) is 14.3. The summed E-state index contributed by atoms with van der Waals surface area (Å²) in [5.74, 6) is 1.67. The molecule has 0 aliphatic heterocycles. The van der Waals surface area contributed by atoms with Crippen LogP contribution < -0.4 is 5.32 Å². The van der Waals surface area contributed by atoms with Crippen LogP contribution in [-0.2, 0) is 6.42 Å². The largest absolute Gasteiger partial charge is 0.314 e. The summed E-state index contributed by atoms with van der Waals surface area (Å²) in [4.78, 5) is 0. The van der Waals surface area contributed by atoms with Gasteiger partial charge in [0.1, 0.15) is 0 Å². The molecule has 4 atom stereocenters. The molecule has 1 fully saturated rings. The van der Waals surface area contributed by atoms with Crippen LogP contribution in [0.2, 0.25) is 0 Å². The highest BCUT2D eigenvalue weighted by atomic mass is 15.3. The Morgan fingerprint density at radius 3 is 2.81 bits per heavy atom. The average Bonchev–Trinajstić information content (AvgIpc) is 2.97. The predicted octanol–water partition coefficient (Wildman–Crippen LogP) is 4.20. The van der Waals surface area contributed by atoms with Gasteiger partial charge in [-0.05, 0) is 63.5 Å². The van der Waals surface area contributed by atoms with Crippen molar-refractivity contribution in [2.24, 2.45) is 11.8 Å². The Morgan fingerprint density at radius 2 is 2.14 bits per heavy atom. The van der Waals surface area contributed by atoms with Crippen molar-refractivity contribution in [1.29, 1.82) is 0 Å². The summed E-state index contributed by atoms with van der Waals surface area (Å²) < 4.78 is 2.14. The van der Waals surface area contributed by atoms with Crippen molar-refractivity contribution in [3.8, 4) is 0 Å². The van der Waals surface area contributed by atoms with E-state index in [-0.39, 0.29) is 0 Å². The Kier molecular flexibility index (Phi) is 6.28. The van der Waals surface area contributed by atoms with E-state index in [0.717, 1.165) is 31.2 Å². The highest BCUT2D eigenvalue weighted by molar-refractivity contribution is 5.03. The van der Waals surface area contributed by atoms with Crippen LogP contribution in [0.15, 0.2) is 12.3 Å². The molecule has 1 aromatic rings. The fourth-order valence-corrected chi connectivity index (χ4v) is 3.68. The number of rotatable bonds is 7. The first-order valence-electron chi connectivity index (χ1n) is 8.95. The van der Waals surface area contributed by atoms with E-state index in [0.29, 0.717) is 12.1 Å². The molecule has 1 aliphatic rings. The lowest BCUT2D eigenvalue weighted by molar-refractivity contribution is 0.198. The van der Waals surface area contributed by atoms with E-state index in [1.165, 1.54) is 31.4 Å². The fraction of sp³-hybridized carbons (Fsp3) is 0.833. The van der Waals surface area contributed by atoms with Gasteiger partial charge in [-0.1, -0.05) is 27.2 Å². The van der Waals surface area contributed by atoms with Gasteiger partial charge in [0.2, 0.25) is 0 Å². The van der Waals surface area contributed by atoms with Crippen LogP contribution in [0.3, 0.4) is 0 Å². The number of nitrogens with one attached hydrogen (secondary N) is 1. The fourth-order valence-electron chi connectivity index (χ4n) is 3.68. The molecule has 3 heteroatoms. The first kappa shape index (κ1) is 16.5. The molecular weight excluding hydrogens is 258 g/mol. The molecule has 0 saturated heterocycles. The van der Waals surface area contributed by atoms with Crippen molar-refractivity contribution in [3.63, 3.8) is 0 Å². The van der Waals surface area contributed by atoms with Crippen LogP contribution in [0, 0.1) is 11.8 Å². The van der Waals surface area contributed by atoms with E-state index in [9.17, 15) is 0 Å². The topological polar surface area (TPSA) is 29.9 Å². The van der Waals surface area contributed by atoms with E-state index in [1.807, 2.05) is 0 Å². The van der Waals surface area contributed by atoms with E-state index in [2.05, 4.69) is 50.0 Å². The van der Waals surface area contributed by atoms with E-state index in [1.54, 1.807) is 0 Å². The second-order valence-corrected chi connectivity index (χ2v) is 6.76. The first-order valence-corrected chi connectivity index (χ1v) is 8.95. The van der Waals surface area contributed by atoms with Gasteiger partial charge in [-0.2, -0.15) is 5.10 Å². The quantitative estimate of drug-likeness (QED) is 0.816. The molecule has 0 aromatic carbocycles. The SMILES string of the molecule is CCNC1CCC(CC)CC1Cc1ccn(C(C)CC)n1. The third-order valence-electron chi connectivity index (χ3n) is 5.31. The molecule has 1 aliphatic carbocycles. The zero-order valence-corrected chi connectivity index (χ0v) is 14.3. The second-order valence-electron chi connectivity index (χ2n) is 6.76. The maximum Gasteiger partial charge on any atom is 0.0628 e. The summed E-state index contributed by atoms with van der Waals surface area (Å²) in [6, 6.07) is 3.43. The van der Waals surface area contributed by atoms with Gasteiger partial charge in [0.25, 0.3) is 0 Å². The Balaban J connectivity index is 2.01. The number of nitrogens with zero attached hydrogens (tertiary/aromatic N) is 2. The van der Waals surface area contributed by atoms with Crippen molar-refractivity contribution >= 4 is 0 Å². The van der Waals surface area contributed by atoms with Gasteiger partial charge < -0.3 is 5.32 Å². The highest BCUT2D eigenvalue weighted by Gasteiger charge is 2.29. The molecule has 0 amide bonds. The monoisotopic (exact) mass is 291 g/mol. The van der Waals surface area contributed by atoms with Crippen molar-refractivity contribution < 1.29 is 0 Å². The molecular formula is C18H33N3. The van der Waals surface area contributed by atoms with Gasteiger partial charge in [-0.25, -0.2) is 0 Å². The molecule has 4 unspecified atom stereocenters. The molecule has 21 heavy (non-hydrogen) atoms. The molecule has 1 saturated carbocycles. The molecule has 0 bridgehead atoms. The van der Waals surface area contributed by atoms with Crippen LogP contribution in [-0.4, -0.2) is 22.4 Å². The van der Waals surface area contributed by atoms with Gasteiger partial charge in [0.05, 0.1) is 5.69 Å². The van der Waals surface area contributed by atoms with Crippen molar-refractivity contribution in [1.82, 2.24) is 15.1 Å². The van der Waals surface area contributed by atoms with Gasteiger partial charge in [0.15, 0.2) is 0 Å². The number of hydrogen-bond donors (Lipinski definition) is 1. The summed E-state index contributed by atoms with van der Waals surface area (Å²) in [6.07, 6.45) is 9.86. The second kappa shape index (κ2) is 7.98. The third-order valence-corrected chi connectivity index (χ3v) is 5.31. The van der Waals surface area contributed by atoms with Crippen LogP contribution in [0.4, 0.5) is 0 Å². The molecule has 1 N–H and O–H groups in total. The maximum absolute atomic E-state index is 4.81.